The quantitative estimate of drug-likeness (QED) is 0.470. The van der Waals surface area contributed by atoms with Crippen molar-refractivity contribution in [3.63, 3.8) is 0 Å². The zero-order valence-corrected chi connectivity index (χ0v) is 19.8. The van der Waals surface area contributed by atoms with Crippen LogP contribution in [-0.4, -0.2) is 69.1 Å². The number of anilines is 1. The third-order valence-electron chi connectivity index (χ3n) is 6.50. The summed E-state index contributed by atoms with van der Waals surface area (Å²) in [5.41, 5.74) is 3.31. The first kappa shape index (κ1) is 24.1. The molecule has 2 aromatic rings. The molecule has 2 aliphatic rings. The highest BCUT2D eigenvalue weighted by Gasteiger charge is 2.20. The largest absolute Gasteiger partial charge is 0.504 e. The molecule has 1 N–H and O–H groups in total. The molecular formula is C27H34N2O5. The van der Waals surface area contributed by atoms with E-state index in [0.29, 0.717) is 23.8 Å². The predicted molar refractivity (Wildman–Crippen MR) is 132 cm³/mol. The highest BCUT2D eigenvalue weighted by atomic mass is 16.5. The minimum Gasteiger partial charge on any atom is -0.504 e. The van der Waals surface area contributed by atoms with Crippen LogP contribution in [-0.2, 0) is 20.8 Å². The summed E-state index contributed by atoms with van der Waals surface area (Å²) >= 11 is 0. The normalized spacial score (nSPS) is 17.7. The highest BCUT2D eigenvalue weighted by Crippen LogP contribution is 2.27. The summed E-state index contributed by atoms with van der Waals surface area (Å²) < 4.78 is 15.9. The molecule has 0 aromatic heterocycles. The second kappa shape index (κ2) is 11.9. The number of ether oxygens (including phenoxy) is 3. The fraction of sp³-hybridized carbons (Fsp3) is 0.444. The Labute approximate surface area is 201 Å². The van der Waals surface area contributed by atoms with Crippen molar-refractivity contribution in [3.05, 3.63) is 59.7 Å². The molecule has 0 bridgehead atoms. The smallest absolute Gasteiger partial charge is 0.330 e. The number of carbonyl (C=O) groups is 1. The van der Waals surface area contributed by atoms with E-state index < -0.39 is 0 Å². The lowest BCUT2D eigenvalue weighted by molar-refractivity contribution is -0.139. The fourth-order valence-corrected chi connectivity index (χ4v) is 4.43. The molecule has 2 heterocycles. The number of aromatic hydroxyl groups is 1. The molecule has 182 valence electrons. The van der Waals surface area contributed by atoms with Crippen LogP contribution in [0.25, 0.3) is 6.08 Å². The molecule has 0 radical (unpaired) electrons. The van der Waals surface area contributed by atoms with Crippen LogP contribution in [0.4, 0.5) is 5.69 Å². The van der Waals surface area contributed by atoms with E-state index >= 15 is 0 Å². The van der Waals surface area contributed by atoms with Gasteiger partial charge >= 0.3 is 5.97 Å². The summed E-state index contributed by atoms with van der Waals surface area (Å²) in [6, 6.07) is 13.9. The number of hydrogen-bond acceptors (Lipinski definition) is 7. The number of methoxy groups -OCH3 is 1. The third kappa shape index (κ3) is 6.74. The van der Waals surface area contributed by atoms with E-state index in [2.05, 4.69) is 34.1 Å². The van der Waals surface area contributed by atoms with Gasteiger partial charge in [0.05, 0.1) is 26.9 Å². The second-order valence-corrected chi connectivity index (χ2v) is 8.88. The second-order valence-electron chi connectivity index (χ2n) is 8.88. The Morgan fingerprint density at radius 1 is 1.09 bits per heavy atom. The van der Waals surface area contributed by atoms with Gasteiger partial charge in [0.1, 0.15) is 0 Å². The Balaban J connectivity index is 1.16. The molecule has 0 unspecified atom stereocenters. The number of esters is 1. The number of morpholine rings is 1. The van der Waals surface area contributed by atoms with Crippen LogP contribution in [0.2, 0.25) is 0 Å². The SMILES string of the molecule is COc1ccc(/C=C/C(=O)OCC2CCN(Cc3ccc(N4CCOCC4)cc3)CC2)cc1O. The van der Waals surface area contributed by atoms with E-state index in [1.807, 2.05) is 0 Å². The Bertz CT molecular complexity index is 961. The molecular weight excluding hydrogens is 432 g/mol. The maximum atomic E-state index is 12.1. The molecule has 0 amide bonds. The van der Waals surface area contributed by atoms with Crippen LogP contribution in [0, 0.1) is 5.92 Å². The van der Waals surface area contributed by atoms with Crippen molar-refractivity contribution >= 4 is 17.7 Å². The minimum absolute atomic E-state index is 0.0396. The number of phenols is 1. The number of likely N-dealkylation sites (tertiary alicyclic amines) is 1. The van der Waals surface area contributed by atoms with E-state index in [-0.39, 0.29) is 11.7 Å². The highest BCUT2D eigenvalue weighted by molar-refractivity contribution is 5.87. The molecule has 2 fully saturated rings. The average Bonchev–Trinajstić information content (AvgIpc) is 2.88. The minimum atomic E-state index is -0.363. The zero-order chi connectivity index (χ0) is 23.8. The molecule has 0 spiro atoms. The van der Waals surface area contributed by atoms with Crippen molar-refractivity contribution in [1.82, 2.24) is 4.90 Å². The van der Waals surface area contributed by atoms with Crippen LogP contribution in [0.5, 0.6) is 11.5 Å². The van der Waals surface area contributed by atoms with Gasteiger partial charge in [0.25, 0.3) is 0 Å². The number of piperidine rings is 1. The molecule has 0 saturated carbocycles. The predicted octanol–water partition coefficient (Wildman–Crippen LogP) is 3.71. The van der Waals surface area contributed by atoms with Crippen molar-refractivity contribution in [2.75, 3.05) is 58.0 Å². The van der Waals surface area contributed by atoms with E-state index in [4.69, 9.17) is 14.2 Å². The summed E-state index contributed by atoms with van der Waals surface area (Å²) in [7, 11) is 1.50. The number of phenolic OH excluding ortho intramolecular Hbond substituents is 1. The molecule has 4 rings (SSSR count). The number of rotatable bonds is 8. The van der Waals surface area contributed by atoms with Gasteiger partial charge in [-0.25, -0.2) is 4.79 Å². The molecule has 7 nitrogen and oxygen atoms in total. The fourth-order valence-electron chi connectivity index (χ4n) is 4.43. The van der Waals surface area contributed by atoms with Crippen molar-refractivity contribution < 1.29 is 24.1 Å². The maximum Gasteiger partial charge on any atom is 0.330 e. The van der Waals surface area contributed by atoms with Crippen LogP contribution in [0.1, 0.15) is 24.0 Å². The van der Waals surface area contributed by atoms with Crippen LogP contribution >= 0.6 is 0 Å². The van der Waals surface area contributed by atoms with E-state index in [1.165, 1.54) is 24.4 Å². The topological polar surface area (TPSA) is 71.5 Å². The van der Waals surface area contributed by atoms with Gasteiger partial charge in [0.2, 0.25) is 0 Å². The van der Waals surface area contributed by atoms with E-state index in [0.717, 1.165) is 58.8 Å². The lowest BCUT2D eigenvalue weighted by atomic mass is 9.97. The standard InChI is InChI=1S/C27H34N2O5/c1-32-26-8-4-21(18-25(26)30)5-9-27(31)34-20-23-10-12-28(13-11-23)19-22-2-6-24(7-3-22)29-14-16-33-17-15-29/h2-9,18,23,30H,10-17,19-20H2,1H3/b9-5+. The molecule has 2 aliphatic heterocycles. The van der Waals surface area contributed by atoms with Crippen molar-refractivity contribution in [2.45, 2.75) is 19.4 Å². The molecule has 2 saturated heterocycles. The van der Waals surface area contributed by atoms with E-state index in [1.54, 1.807) is 24.3 Å². The summed E-state index contributed by atoms with van der Waals surface area (Å²) in [5.74, 6) is 0.467. The van der Waals surface area contributed by atoms with E-state index in [9.17, 15) is 9.90 Å². The van der Waals surface area contributed by atoms with Crippen molar-refractivity contribution in [2.24, 2.45) is 5.92 Å². The van der Waals surface area contributed by atoms with Gasteiger partial charge in [-0.05, 0) is 73.3 Å². The number of benzene rings is 2. The monoisotopic (exact) mass is 466 g/mol. The van der Waals surface area contributed by atoms with Gasteiger partial charge in [-0.2, -0.15) is 0 Å². The summed E-state index contributed by atoms with van der Waals surface area (Å²) in [4.78, 5) is 16.9. The summed E-state index contributed by atoms with van der Waals surface area (Å²) in [6.45, 7) is 6.93. The first-order valence-electron chi connectivity index (χ1n) is 12.0. The Morgan fingerprint density at radius 3 is 2.50 bits per heavy atom. The number of hydrogen-bond donors (Lipinski definition) is 1. The summed E-state index contributed by atoms with van der Waals surface area (Å²) in [5, 5.41) is 9.83. The van der Waals surface area contributed by atoms with Crippen molar-refractivity contribution in [3.8, 4) is 11.5 Å². The molecule has 0 aliphatic carbocycles. The zero-order valence-electron chi connectivity index (χ0n) is 19.8. The van der Waals surface area contributed by atoms with Crippen LogP contribution in [0.3, 0.4) is 0 Å². The first-order chi connectivity index (χ1) is 16.6. The first-order valence-corrected chi connectivity index (χ1v) is 12.0. The lowest BCUT2D eigenvalue weighted by Gasteiger charge is -2.32. The number of nitrogens with zero attached hydrogens (tertiary/aromatic N) is 2. The number of carbonyl (C=O) groups excluding carboxylic acids is 1. The lowest BCUT2D eigenvalue weighted by Crippen LogP contribution is -2.36. The Morgan fingerprint density at radius 2 is 1.82 bits per heavy atom. The van der Waals surface area contributed by atoms with Gasteiger partial charge in [-0.1, -0.05) is 18.2 Å². The Kier molecular flexibility index (Phi) is 8.44. The molecule has 0 atom stereocenters. The van der Waals surface area contributed by atoms with Gasteiger partial charge in [-0.3, -0.25) is 4.90 Å². The molecule has 34 heavy (non-hydrogen) atoms. The summed E-state index contributed by atoms with van der Waals surface area (Å²) in [6.07, 6.45) is 5.08. The van der Waals surface area contributed by atoms with Gasteiger partial charge < -0.3 is 24.2 Å². The average molecular weight is 467 g/mol. The van der Waals surface area contributed by atoms with Crippen LogP contribution in [0.15, 0.2) is 48.5 Å². The third-order valence-corrected chi connectivity index (χ3v) is 6.50. The van der Waals surface area contributed by atoms with Crippen molar-refractivity contribution in [1.29, 1.82) is 0 Å². The maximum absolute atomic E-state index is 12.1. The van der Waals surface area contributed by atoms with Gasteiger partial charge in [0.15, 0.2) is 11.5 Å². The molecule has 7 heteroatoms. The molecule has 2 aromatic carbocycles. The van der Waals surface area contributed by atoms with Crippen LogP contribution < -0.4 is 9.64 Å². The van der Waals surface area contributed by atoms with Gasteiger partial charge in [0, 0.05) is 31.4 Å². The van der Waals surface area contributed by atoms with Gasteiger partial charge in [-0.15, -0.1) is 0 Å². The Hall–Kier alpha value is -3.03.